The van der Waals surface area contributed by atoms with Gasteiger partial charge in [0.2, 0.25) is 5.96 Å². The summed E-state index contributed by atoms with van der Waals surface area (Å²) in [4.78, 5) is 31.8. The molecule has 0 radical (unpaired) electrons. The van der Waals surface area contributed by atoms with Gasteiger partial charge in [-0.05, 0) is 55.0 Å². The minimum atomic E-state index is -0.338. The molecule has 3 aromatic rings. The van der Waals surface area contributed by atoms with Crippen LogP contribution in [0.4, 0.5) is 5.69 Å². The van der Waals surface area contributed by atoms with Gasteiger partial charge in [0.05, 0.1) is 12.8 Å². The molecule has 1 heterocycles. The Bertz CT molecular complexity index is 1160. The number of hydrogen-bond donors (Lipinski definition) is 1. The van der Waals surface area contributed by atoms with E-state index in [1.54, 1.807) is 37.5 Å². The van der Waals surface area contributed by atoms with Crippen molar-refractivity contribution in [1.29, 1.82) is 0 Å². The van der Waals surface area contributed by atoms with E-state index < -0.39 is 0 Å². The van der Waals surface area contributed by atoms with Gasteiger partial charge in [0.1, 0.15) is 11.4 Å². The molecule has 0 unspecified atom stereocenters. The number of aliphatic imine (C=N–C) groups is 1. The fourth-order valence-corrected chi connectivity index (χ4v) is 3.16. The summed E-state index contributed by atoms with van der Waals surface area (Å²) in [6, 6.07) is 23.6. The van der Waals surface area contributed by atoms with Gasteiger partial charge in [-0.15, -0.1) is 0 Å². The van der Waals surface area contributed by atoms with Crippen LogP contribution in [0.15, 0.2) is 89.6 Å². The number of amides is 2. The molecule has 6 heteroatoms. The third-order valence-electron chi connectivity index (χ3n) is 4.83. The number of anilines is 1. The first-order chi connectivity index (χ1) is 15.0. The monoisotopic (exact) mass is 411 g/mol. The van der Waals surface area contributed by atoms with E-state index in [1.807, 2.05) is 61.5 Å². The number of carbonyl (C=O) groups is 2. The summed E-state index contributed by atoms with van der Waals surface area (Å²) >= 11 is 0. The van der Waals surface area contributed by atoms with Crippen molar-refractivity contribution in [1.82, 2.24) is 5.32 Å². The second-order valence-corrected chi connectivity index (χ2v) is 7.03. The predicted molar refractivity (Wildman–Crippen MR) is 121 cm³/mol. The Hall–Kier alpha value is -4.19. The predicted octanol–water partition coefficient (Wildman–Crippen LogP) is 4.18. The van der Waals surface area contributed by atoms with E-state index in [9.17, 15) is 9.59 Å². The van der Waals surface area contributed by atoms with Gasteiger partial charge < -0.3 is 4.74 Å². The Morgan fingerprint density at radius 1 is 0.968 bits per heavy atom. The van der Waals surface area contributed by atoms with Gasteiger partial charge in [0.15, 0.2) is 0 Å². The molecule has 0 saturated carbocycles. The molecule has 0 aliphatic carbocycles. The molecule has 4 rings (SSSR count). The zero-order valence-corrected chi connectivity index (χ0v) is 17.2. The lowest BCUT2D eigenvalue weighted by atomic mass is 10.1. The molecule has 154 valence electrons. The molecule has 31 heavy (non-hydrogen) atoms. The molecule has 0 aromatic heterocycles. The minimum Gasteiger partial charge on any atom is -0.497 e. The fourth-order valence-electron chi connectivity index (χ4n) is 3.16. The van der Waals surface area contributed by atoms with Crippen LogP contribution in [0.1, 0.15) is 21.5 Å². The highest BCUT2D eigenvalue weighted by molar-refractivity contribution is 6.30. The molecular weight excluding hydrogens is 390 g/mol. The van der Waals surface area contributed by atoms with E-state index in [0.29, 0.717) is 11.3 Å². The van der Waals surface area contributed by atoms with Gasteiger partial charge in [0, 0.05) is 5.56 Å². The molecule has 0 spiro atoms. The van der Waals surface area contributed by atoms with Crippen LogP contribution in [0, 0.1) is 6.92 Å². The number of rotatable bonds is 4. The van der Waals surface area contributed by atoms with Gasteiger partial charge in [-0.1, -0.05) is 48.0 Å². The molecule has 0 fully saturated rings. The maximum absolute atomic E-state index is 13.2. The highest BCUT2D eigenvalue weighted by atomic mass is 16.5. The second-order valence-electron chi connectivity index (χ2n) is 7.03. The first kappa shape index (κ1) is 20.1. The van der Waals surface area contributed by atoms with Gasteiger partial charge in [0.25, 0.3) is 11.8 Å². The summed E-state index contributed by atoms with van der Waals surface area (Å²) in [5.74, 6) is 0.237. The van der Waals surface area contributed by atoms with E-state index in [-0.39, 0.29) is 23.5 Å². The van der Waals surface area contributed by atoms with Crippen LogP contribution < -0.4 is 15.0 Å². The Morgan fingerprint density at radius 2 is 1.65 bits per heavy atom. The summed E-state index contributed by atoms with van der Waals surface area (Å²) in [6.45, 7) is 1.97. The zero-order chi connectivity index (χ0) is 21.8. The summed E-state index contributed by atoms with van der Waals surface area (Å²) in [6.07, 6.45) is 1.69. The first-order valence-corrected chi connectivity index (χ1v) is 9.77. The van der Waals surface area contributed by atoms with Gasteiger partial charge in [-0.25, -0.2) is 9.89 Å². The van der Waals surface area contributed by atoms with Gasteiger partial charge in [-0.2, -0.15) is 0 Å². The summed E-state index contributed by atoms with van der Waals surface area (Å²) in [7, 11) is 1.60. The van der Waals surface area contributed by atoms with Crippen molar-refractivity contribution in [3.63, 3.8) is 0 Å². The Labute approximate surface area is 180 Å². The lowest BCUT2D eigenvalue weighted by Gasteiger charge is -2.18. The van der Waals surface area contributed by atoms with Crippen molar-refractivity contribution in [2.45, 2.75) is 6.92 Å². The highest BCUT2D eigenvalue weighted by Gasteiger charge is 2.33. The number of methoxy groups -OCH3 is 1. The highest BCUT2D eigenvalue weighted by Crippen LogP contribution is 2.25. The number of carbonyl (C=O) groups excluding carboxylic acids is 2. The Balaban J connectivity index is 1.69. The standard InChI is InChI=1S/C25H21N3O3/c1-17-8-12-20(13-9-17)28-24(30)22(16-18-10-14-21(31-2)15-11-18)26-25(28)27-23(29)19-6-4-3-5-7-19/h3-16H,1-2H3,(H,26,27,29)/b22-16-. The number of benzene rings is 3. The molecular formula is C25H21N3O3. The summed E-state index contributed by atoms with van der Waals surface area (Å²) in [5, 5.41) is 2.78. The Kier molecular flexibility index (Phi) is 5.62. The third kappa shape index (κ3) is 4.38. The number of aryl methyl sites for hydroxylation is 1. The average molecular weight is 411 g/mol. The molecule has 0 atom stereocenters. The van der Waals surface area contributed by atoms with E-state index >= 15 is 0 Å². The first-order valence-electron chi connectivity index (χ1n) is 9.77. The SMILES string of the molecule is COc1ccc(/C=C2\N=C(NC(=O)c3ccccc3)N(c3ccc(C)cc3)C2=O)cc1. The largest absolute Gasteiger partial charge is 0.497 e. The van der Waals surface area contributed by atoms with Crippen LogP contribution in [0.2, 0.25) is 0 Å². The average Bonchev–Trinajstić information content (AvgIpc) is 3.10. The van der Waals surface area contributed by atoms with Crippen LogP contribution in [-0.4, -0.2) is 24.9 Å². The molecule has 2 amide bonds. The molecule has 1 aliphatic heterocycles. The quantitative estimate of drug-likeness (QED) is 0.655. The lowest BCUT2D eigenvalue weighted by Crippen LogP contribution is -2.43. The molecule has 3 aromatic carbocycles. The van der Waals surface area contributed by atoms with Crippen molar-refractivity contribution in [2.24, 2.45) is 4.99 Å². The number of nitrogens with one attached hydrogen (secondary N) is 1. The maximum atomic E-state index is 13.2. The van der Waals surface area contributed by atoms with Gasteiger partial charge >= 0.3 is 0 Å². The fraction of sp³-hybridized carbons (Fsp3) is 0.0800. The molecule has 0 saturated heterocycles. The van der Waals surface area contributed by atoms with Crippen LogP contribution in [0.5, 0.6) is 5.75 Å². The van der Waals surface area contributed by atoms with Crippen molar-refractivity contribution in [3.8, 4) is 5.75 Å². The lowest BCUT2D eigenvalue weighted by molar-refractivity contribution is -0.113. The van der Waals surface area contributed by atoms with E-state index in [0.717, 1.165) is 16.9 Å². The van der Waals surface area contributed by atoms with E-state index in [4.69, 9.17) is 4.74 Å². The van der Waals surface area contributed by atoms with Crippen LogP contribution >= 0.6 is 0 Å². The minimum absolute atomic E-state index is 0.169. The van der Waals surface area contributed by atoms with Crippen molar-refractivity contribution in [2.75, 3.05) is 12.0 Å². The van der Waals surface area contributed by atoms with Gasteiger partial charge in [-0.3, -0.25) is 14.9 Å². The maximum Gasteiger partial charge on any atom is 0.283 e. The molecule has 1 aliphatic rings. The van der Waals surface area contributed by atoms with Crippen LogP contribution in [-0.2, 0) is 4.79 Å². The number of hydrogen-bond acceptors (Lipinski definition) is 4. The number of ether oxygens (including phenoxy) is 1. The smallest absolute Gasteiger partial charge is 0.283 e. The zero-order valence-electron chi connectivity index (χ0n) is 17.2. The third-order valence-corrected chi connectivity index (χ3v) is 4.83. The molecule has 0 bridgehead atoms. The Morgan fingerprint density at radius 3 is 2.29 bits per heavy atom. The normalized spacial score (nSPS) is 14.5. The second kappa shape index (κ2) is 8.67. The van der Waals surface area contributed by atoms with E-state index in [1.165, 1.54) is 4.90 Å². The molecule has 1 N–H and O–H groups in total. The van der Waals surface area contributed by atoms with Crippen molar-refractivity contribution < 1.29 is 14.3 Å². The molecule has 6 nitrogen and oxygen atoms in total. The van der Waals surface area contributed by atoms with E-state index in [2.05, 4.69) is 10.3 Å². The van der Waals surface area contributed by atoms with Crippen molar-refractivity contribution in [3.05, 3.63) is 101 Å². The summed E-state index contributed by atoms with van der Waals surface area (Å²) < 4.78 is 5.18. The summed E-state index contributed by atoms with van der Waals surface area (Å²) in [5.41, 5.74) is 3.20. The topological polar surface area (TPSA) is 71.0 Å². The van der Waals surface area contributed by atoms with Crippen LogP contribution in [0.3, 0.4) is 0 Å². The number of nitrogens with zero attached hydrogens (tertiary/aromatic N) is 2. The van der Waals surface area contributed by atoms with Crippen LogP contribution in [0.25, 0.3) is 6.08 Å². The van der Waals surface area contributed by atoms with Crippen molar-refractivity contribution >= 4 is 29.5 Å². The number of guanidine groups is 1.